The first-order valence-electron chi connectivity index (χ1n) is 11.1. The predicted octanol–water partition coefficient (Wildman–Crippen LogP) is 3.54. The van der Waals surface area contributed by atoms with Crippen molar-refractivity contribution in [2.45, 2.75) is 34.1 Å². The topological polar surface area (TPSA) is 92.9 Å². The molecule has 32 heavy (non-hydrogen) atoms. The van der Waals surface area contributed by atoms with Gasteiger partial charge in [-0.25, -0.2) is 4.99 Å². The molecule has 1 amide bonds. The number of amides is 1. The zero-order chi connectivity index (χ0) is 22.9. The molecular weight excluding hydrogens is 422 g/mol. The lowest BCUT2D eigenvalue weighted by molar-refractivity contribution is -0.113. The molecule has 1 aliphatic heterocycles. The number of nitrogens with one attached hydrogen (secondary N) is 1. The van der Waals surface area contributed by atoms with Crippen molar-refractivity contribution in [2.24, 2.45) is 4.99 Å². The third kappa shape index (κ3) is 3.29. The van der Waals surface area contributed by atoms with Gasteiger partial charge >= 0.3 is 8.80 Å². The highest BCUT2D eigenvalue weighted by Crippen LogP contribution is 2.44. The van der Waals surface area contributed by atoms with E-state index < -0.39 is 14.7 Å². The van der Waals surface area contributed by atoms with Crippen LogP contribution in [0.3, 0.4) is 0 Å². The summed E-state index contributed by atoms with van der Waals surface area (Å²) in [7, 11) is -3.37. The summed E-state index contributed by atoms with van der Waals surface area (Å²) in [6.07, 6.45) is 0.966. The van der Waals surface area contributed by atoms with Crippen LogP contribution in [-0.4, -0.2) is 46.8 Å². The van der Waals surface area contributed by atoms with Crippen molar-refractivity contribution in [2.75, 3.05) is 31.7 Å². The first-order chi connectivity index (χ1) is 15.6. The Hall–Kier alpha value is -2.83. The average Bonchev–Trinajstić information content (AvgIpc) is 3.28. The van der Waals surface area contributed by atoms with Gasteiger partial charge < -0.3 is 18.6 Å². The Morgan fingerprint density at radius 2 is 1.78 bits per heavy atom. The van der Waals surface area contributed by atoms with E-state index in [2.05, 4.69) is 23.3 Å². The van der Waals surface area contributed by atoms with Gasteiger partial charge in [0.15, 0.2) is 0 Å². The molecule has 0 radical (unpaired) electrons. The Bertz CT molecular complexity index is 1180. The minimum atomic E-state index is -3.37. The summed E-state index contributed by atoms with van der Waals surface area (Å²) in [5.41, 5.74) is 3.75. The number of nitrogens with zero attached hydrogens (tertiary/aromatic N) is 2. The van der Waals surface area contributed by atoms with E-state index in [-0.39, 0.29) is 5.57 Å². The molecule has 1 N–H and O–H groups in total. The smallest absolute Gasteiger partial charge is 0.385 e. The van der Waals surface area contributed by atoms with Gasteiger partial charge in [-0.1, -0.05) is 25.1 Å². The van der Waals surface area contributed by atoms with Crippen LogP contribution in [0.5, 0.6) is 0 Å². The molecule has 0 unspecified atom stereocenters. The number of carbonyl (C=O) groups is 1. The maximum Gasteiger partial charge on any atom is 0.537 e. The molecule has 7 nitrogen and oxygen atoms in total. The molecule has 0 bridgehead atoms. The normalized spacial score (nSPS) is 14.7. The monoisotopic (exact) mass is 449 g/mol. The number of rotatable bonds is 10. The van der Waals surface area contributed by atoms with Crippen molar-refractivity contribution >= 4 is 47.6 Å². The molecule has 0 saturated carbocycles. The zero-order valence-electron chi connectivity index (χ0n) is 18.9. The quantitative estimate of drug-likeness (QED) is 0.558. The fourth-order valence-corrected chi connectivity index (χ4v) is 7.22. The van der Waals surface area contributed by atoms with Gasteiger partial charge in [0.05, 0.1) is 5.71 Å². The van der Waals surface area contributed by atoms with Crippen molar-refractivity contribution in [1.29, 1.82) is 5.26 Å². The standard InChI is InChI=1S/C24H27N3O4Si/c1-5-12-26-18-13-19(32(29-6-2,30-7-3)31-8-4)22-20-15(18)10-9-11-16(20)23-21(22)17(14-25)24(28)27-23/h9-11,13,26H,5-8,12H2,1-4H3. The van der Waals surface area contributed by atoms with E-state index in [1.54, 1.807) is 0 Å². The van der Waals surface area contributed by atoms with Crippen molar-refractivity contribution in [3.8, 4) is 6.07 Å². The number of carbonyl (C=O) groups excluding carboxylic acids is 1. The second kappa shape index (κ2) is 8.96. The number of aliphatic imine (C=N–C) groups is 1. The Kier molecular flexibility index (Phi) is 6.26. The summed E-state index contributed by atoms with van der Waals surface area (Å²) in [6, 6.07) is 10.1. The third-order valence-corrected chi connectivity index (χ3v) is 8.65. The number of fused-ring (bicyclic) bond motifs is 3. The Labute approximate surface area is 189 Å². The minimum absolute atomic E-state index is 0.0559. The number of nitriles is 1. The van der Waals surface area contributed by atoms with Crippen LogP contribution in [0, 0.1) is 11.3 Å². The summed E-state index contributed by atoms with van der Waals surface area (Å²) >= 11 is 0. The van der Waals surface area contributed by atoms with Crippen molar-refractivity contribution in [3.05, 3.63) is 41.0 Å². The molecule has 4 rings (SSSR count). The van der Waals surface area contributed by atoms with E-state index in [0.29, 0.717) is 31.1 Å². The fourth-order valence-electron chi connectivity index (χ4n) is 4.49. The van der Waals surface area contributed by atoms with Gasteiger partial charge in [-0.2, -0.15) is 5.26 Å². The lowest BCUT2D eigenvalue weighted by Gasteiger charge is -2.31. The second-order valence-corrected chi connectivity index (χ2v) is 10.0. The number of anilines is 1. The van der Waals surface area contributed by atoms with Gasteiger partial charge in [0.2, 0.25) is 0 Å². The first kappa shape index (κ1) is 22.4. The maximum absolute atomic E-state index is 12.5. The van der Waals surface area contributed by atoms with Crippen molar-refractivity contribution in [1.82, 2.24) is 0 Å². The fraction of sp³-hybridized carbons (Fsp3) is 0.375. The number of hydrogen-bond acceptors (Lipinski definition) is 6. The van der Waals surface area contributed by atoms with Crippen LogP contribution in [0.4, 0.5) is 5.69 Å². The summed E-state index contributed by atoms with van der Waals surface area (Å²) in [5, 5.41) is 16.1. The van der Waals surface area contributed by atoms with Crippen LogP contribution in [0.1, 0.15) is 45.2 Å². The van der Waals surface area contributed by atoms with Gasteiger partial charge in [-0.05, 0) is 33.3 Å². The van der Waals surface area contributed by atoms with Crippen LogP contribution < -0.4 is 10.5 Å². The molecule has 0 aromatic heterocycles. The zero-order valence-corrected chi connectivity index (χ0v) is 19.9. The predicted molar refractivity (Wildman–Crippen MR) is 127 cm³/mol. The molecule has 2 aromatic rings. The Balaban J connectivity index is 2.14. The summed E-state index contributed by atoms with van der Waals surface area (Å²) in [5.74, 6) is -0.504. The average molecular weight is 450 g/mol. The molecule has 8 heteroatoms. The van der Waals surface area contributed by atoms with Gasteiger partial charge in [0.1, 0.15) is 11.6 Å². The summed E-state index contributed by atoms with van der Waals surface area (Å²) < 4.78 is 18.8. The van der Waals surface area contributed by atoms with Crippen molar-refractivity contribution in [3.63, 3.8) is 0 Å². The largest absolute Gasteiger partial charge is 0.537 e. The summed E-state index contributed by atoms with van der Waals surface area (Å²) in [4.78, 5) is 16.8. The molecule has 2 aliphatic rings. The molecule has 0 spiro atoms. The van der Waals surface area contributed by atoms with Gasteiger partial charge in [-0.15, -0.1) is 0 Å². The van der Waals surface area contributed by atoms with E-state index in [1.165, 1.54) is 0 Å². The highest BCUT2D eigenvalue weighted by molar-refractivity contribution is 6.77. The van der Waals surface area contributed by atoms with Crippen LogP contribution in [0.15, 0.2) is 34.8 Å². The van der Waals surface area contributed by atoms with E-state index in [4.69, 9.17) is 13.3 Å². The maximum atomic E-state index is 12.5. The van der Waals surface area contributed by atoms with E-state index in [0.717, 1.165) is 45.7 Å². The lowest BCUT2D eigenvalue weighted by Crippen LogP contribution is -2.58. The van der Waals surface area contributed by atoms with Crippen LogP contribution in [0.2, 0.25) is 0 Å². The number of allylic oxidation sites excluding steroid dienone is 1. The van der Waals surface area contributed by atoms with Crippen LogP contribution >= 0.6 is 0 Å². The molecule has 0 atom stereocenters. The minimum Gasteiger partial charge on any atom is -0.385 e. The van der Waals surface area contributed by atoms with E-state index >= 15 is 0 Å². The number of hydrogen-bond donors (Lipinski definition) is 1. The van der Waals surface area contributed by atoms with E-state index in [9.17, 15) is 10.1 Å². The Morgan fingerprint density at radius 3 is 2.38 bits per heavy atom. The molecular formula is C24H27N3O4Si. The first-order valence-corrected chi connectivity index (χ1v) is 12.8. The third-order valence-electron chi connectivity index (χ3n) is 5.59. The molecule has 166 valence electrons. The van der Waals surface area contributed by atoms with Crippen LogP contribution in [-0.2, 0) is 18.1 Å². The molecule has 1 heterocycles. The second-order valence-electron chi connectivity index (χ2n) is 7.48. The summed E-state index contributed by atoms with van der Waals surface area (Å²) in [6.45, 7) is 9.88. The molecule has 0 fully saturated rings. The molecule has 2 aromatic carbocycles. The Morgan fingerprint density at radius 1 is 1.09 bits per heavy atom. The number of benzene rings is 2. The van der Waals surface area contributed by atoms with Gasteiger partial charge in [-0.3, -0.25) is 4.79 Å². The van der Waals surface area contributed by atoms with Gasteiger partial charge in [0.25, 0.3) is 5.91 Å². The lowest BCUT2D eigenvalue weighted by atomic mass is 10.00. The highest BCUT2D eigenvalue weighted by Gasteiger charge is 2.49. The molecule has 1 aliphatic carbocycles. The van der Waals surface area contributed by atoms with E-state index in [1.807, 2.05) is 45.0 Å². The van der Waals surface area contributed by atoms with Crippen LogP contribution in [0.25, 0.3) is 16.3 Å². The van der Waals surface area contributed by atoms with Gasteiger partial charge in [0, 0.05) is 64.7 Å². The van der Waals surface area contributed by atoms with Crippen molar-refractivity contribution < 1.29 is 18.1 Å². The SMILES string of the molecule is CCCNc1cc([Si](OCC)(OCC)OCC)c2c3c(cccc13)C1=NC(=O)C(C#N)=C12. The highest BCUT2D eigenvalue weighted by atomic mass is 28.4. The molecule has 0 saturated heterocycles.